The number of rotatable bonds is 4. The van der Waals surface area contributed by atoms with Crippen LogP contribution in [0.25, 0.3) is 21.9 Å². The average molecular weight is 423 g/mol. The van der Waals surface area contributed by atoms with Gasteiger partial charge in [-0.25, -0.2) is 14.4 Å². The summed E-state index contributed by atoms with van der Waals surface area (Å²) in [6, 6.07) is 3.07. The molecule has 11 heteroatoms. The molecule has 0 unspecified atom stereocenters. The van der Waals surface area contributed by atoms with Gasteiger partial charge in [-0.3, -0.25) is 0 Å². The summed E-state index contributed by atoms with van der Waals surface area (Å²) in [6.07, 6.45) is 4.79. The SMILES string of the molecule is CNc1cc(F)cc2c1[nH]c1nc(Oc3cnc(N)nc3)nc(N3CCC[C@H](N)C3)c12. The molecule has 5 rings (SSSR count). The van der Waals surface area contributed by atoms with Gasteiger partial charge >= 0.3 is 6.01 Å². The molecule has 1 aliphatic heterocycles. The Morgan fingerprint density at radius 2 is 2.06 bits per heavy atom. The van der Waals surface area contributed by atoms with Crippen molar-refractivity contribution in [1.29, 1.82) is 0 Å². The van der Waals surface area contributed by atoms with E-state index < -0.39 is 0 Å². The number of ether oxygens (including phenoxy) is 1. The smallest absolute Gasteiger partial charge is 0.326 e. The minimum atomic E-state index is -0.349. The van der Waals surface area contributed by atoms with Gasteiger partial charge in [-0.1, -0.05) is 0 Å². The first-order valence-corrected chi connectivity index (χ1v) is 9.98. The Kier molecular flexibility index (Phi) is 4.66. The Bertz CT molecular complexity index is 1260. The molecule has 1 aliphatic rings. The molecular weight excluding hydrogens is 401 g/mol. The zero-order chi connectivity index (χ0) is 21.5. The van der Waals surface area contributed by atoms with Crippen LogP contribution in [-0.2, 0) is 0 Å². The molecule has 6 N–H and O–H groups in total. The minimum absolute atomic E-state index is 0.0310. The van der Waals surface area contributed by atoms with E-state index in [0.717, 1.165) is 30.3 Å². The molecule has 0 bridgehead atoms. The van der Waals surface area contributed by atoms with Gasteiger partial charge in [0.15, 0.2) is 5.75 Å². The third-order valence-electron chi connectivity index (χ3n) is 5.37. The first-order valence-electron chi connectivity index (χ1n) is 9.98. The normalized spacial score (nSPS) is 16.7. The highest BCUT2D eigenvalue weighted by molar-refractivity contribution is 6.14. The molecule has 0 spiro atoms. The second kappa shape index (κ2) is 7.51. The molecule has 31 heavy (non-hydrogen) atoms. The molecule has 1 aromatic carbocycles. The Hall–Kier alpha value is -3.73. The fourth-order valence-electron chi connectivity index (χ4n) is 3.98. The van der Waals surface area contributed by atoms with Crippen molar-refractivity contribution in [2.45, 2.75) is 18.9 Å². The van der Waals surface area contributed by atoms with Crippen LogP contribution in [0.5, 0.6) is 11.8 Å². The number of aromatic nitrogens is 5. The quantitative estimate of drug-likeness (QED) is 0.389. The maximum Gasteiger partial charge on any atom is 0.326 e. The zero-order valence-corrected chi connectivity index (χ0v) is 16.9. The molecule has 0 amide bonds. The highest BCUT2D eigenvalue weighted by Gasteiger charge is 2.25. The lowest BCUT2D eigenvalue weighted by atomic mass is 10.1. The molecule has 1 atom stereocenters. The summed E-state index contributed by atoms with van der Waals surface area (Å²) in [5.74, 6) is 0.792. The number of nitrogens with two attached hydrogens (primary N) is 2. The van der Waals surface area contributed by atoms with Crippen molar-refractivity contribution in [2.75, 3.05) is 36.1 Å². The third-order valence-corrected chi connectivity index (χ3v) is 5.37. The predicted octanol–water partition coefficient (Wildman–Crippen LogP) is 2.38. The molecule has 1 saturated heterocycles. The van der Waals surface area contributed by atoms with Crippen LogP contribution in [0.3, 0.4) is 0 Å². The molecule has 0 saturated carbocycles. The maximum absolute atomic E-state index is 14.3. The van der Waals surface area contributed by atoms with Gasteiger partial charge in [-0.2, -0.15) is 9.97 Å². The van der Waals surface area contributed by atoms with Gasteiger partial charge in [-0.15, -0.1) is 0 Å². The van der Waals surface area contributed by atoms with E-state index in [1.807, 2.05) is 0 Å². The Morgan fingerprint density at radius 3 is 2.81 bits per heavy atom. The number of halogens is 1. The Balaban J connectivity index is 1.71. The number of piperidine rings is 1. The van der Waals surface area contributed by atoms with Crippen molar-refractivity contribution >= 4 is 39.4 Å². The van der Waals surface area contributed by atoms with Crippen molar-refractivity contribution in [3.63, 3.8) is 0 Å². The lowest BCUT2D eigenvalue weighted by Gasteiger charge is -2.32. The van der Waals surface area contributed by atoms with Gasteiger partial charge in [-0.05, 0) is 25.0 Å². The van der Waals surface area contributed by atoms with Crippen LogP contribution in [0.1, 0.15) is 12.8 Å². The highest BCUT2D eigenvalue weighted by Crippen LogP contribution is 2.37. The molecule has 1 fully saturated rings. The van der Waals surface area contributed by atoms with Gasteiger partial charge in [0.2, 0.25) is 5.95 Å². The Morgan fingerprint density at radius 1 is 1.26 bits per heavy atom. The van der Waals surface area contributed by atoms with E-state index in [4.69, 9.17) is 16.2 Å². The number of hydrogen-bond acceptors (Lipinski definition) is 9. The number of nitrogens with one attached hydrogen (secondary N) is 2. The maximum atomic E-state index is 14.3. The molecule has 3 aromatic heterocycles. The number of anilines is 3. The van der Waals surface area contributed by atoms with Gasteiger partial charge < -0.3 is 31.4 Å². The minimum Gasteiger partial charge on any atom is -0.421 e. The van der Waals surface area contributed by atoms with E-state index in [1.54, 1.807) is 7.05 Å². The number of hydrogen-bond donors (Lipinski definition) is 4. The Labute approximate surface area is 176 Å². The number of H-pyrrole nitrogens is 1. The van der Waals surface area contributed by atoms with E-state index in [9.17, 15) is 4.39 Å². The van der Waals surface area contributed by atoms with Crippen LogP contribution < -0.4 is 26.4 Å². The summed E-state index contributed by atoms with van der Waals surface area (Å²) in [4.78, 5) is 22.4. The first kappa shape index (κ1) is 19.2. The van der Waals surface area contributed by atoms with Gasteiger partial charge in [0.25, 0.3) is 0 Å². The van der Waals surface area contributed by atoms with Crippen LogP contribution in [0.15, 0.2) is 24.5 Å². The van der Waals surface area contributed by atoms with Gasteiger partial charge in [0.05, 0.1) is 29.0 Å². The molecule has 4 aromatic rings. The molecule has 0 radical (unpaired) electrons. The predicted molar refractivity (Wildman–Crippen MR) is 117 cm³/mol. The largest absolute Gasteiger partial charge is 0.421 e. The fourth-order valence-corrected chi connectivity index (χ4v) is 3.98. The number of fused-ring (bicyclic) bond motifs is 3. The third kappa shape index (κ3) is 3.52. The molecule has 160 valence electrons. The van der Waals surface area contributed by atoms with Gasteiger partial charge in [0, 0.05) is 31.6 Å². The van der Waals surface area contributed by atoms with Crippen LogP contribution in [-0.4, -0.2) is 51.1 Å². The zero-order valence-electron chi connectivity index (χ0n) is 16.9. The van der Waals surface area contributed by atoms with Crippen molar-refractivity contribution in [1.82, 2.24) is 24.9 Å². The van der Waals surface area contributed by atoms with E-state index in [0.29, 0.717) is 34.8 Å². The summed E-state index contributed by atoms with van der Waals surface area (Å²) in [5.41, 5.74) is 13.7. The number of aromatic amines is 1. The van der Waals surface area contributed by atoms with Crippen molar-refractivity contribution < 1.29 is 9.13 Å². The number of benzene rings is 1. The fraction of sp³-hybridized carbons (Fsp3) is 0.300. The number of nitrogens with zero attached hydrogens (tertiary/aromatic N) is 5. The van der Waals surface area contributed by atoms with E-state index in [1.165, 1.54) is 24.5 Å². The monoisotopic (exact) mass is 423 g/mol. The van der Waals surface area contributed by atoms with E-state index in [2.05, 4.69) is 35.1 Å². The second-order valence-electron chi connectivity index (χ2n) is 7.53. The van der Waals surface area contributed by atoms with Crippen LogP contribution in [0.2, 0.25) is 0 Å². The lowest BCUT2D eigenvalue weighted by Crippen LogP contribution is -2.43. The van der Waals surface area contributed by atoms with Crippen molar-refractivity contribution in [3.05, 3.63) is 30.3 Å². The first-order chi connectivity index (χ1) is 15.0. The number of nitrogen functional groups attached to an aromatic ring is 1. The van der Waals surface area contributed by atoms with E-state index in [-0.39, 0.29) is 23.8 Å². The highest BCUT2D eigenvalue weighted by atomic mass is 19.1. The summed E-state index contributed by atoms with van der Waals surface area (Å²) >= 11 is 0. The standard InChI is InChI=1S/C20H22FN9O/c1-24-14-6-10(21)5-13-15-17(27-16(13)14)28-20(31-12-7-25-19(23)26-8-12)29-18(15)30-4-2-3-11(22)9-30/h5-8,11,24H,2-4,9,22H2,1H3,(H2,23,25,26)(H,27,28,29)/t11-/m0/s1. The van der Waals surface area contributed by atoms with Crippen LogP contribution in [0, 0.1) is 5.82 Å². The lowest BCUT2D eigenvalue weighted by molar-refractivity contribution is 0.437. The molecule has 4 heterocycles. The van der Waals surface area contributed by atoms with Crippen molar-refractivity contribution in [3.8, 4) is 11.8 Å². The molecule has 10 nitrogen and oxygen atoms in total. The summed E-state index contributed by atoms with van der Waals surface area (Å²) in [6.45, 7) is 1.42. The summed E-state index contributed by atoms with van der Waals surface area (Å²) in [5, 5.41) is 4.44. The summed E-state index contributed by atoms with van der Waals surface area (Å²) in [7, 11) is 1.74. The van der Waals surface area contributed by atoms with Crippen molar-refractivity contribution in [2.24, 2.45) is 5.73 Å². The molecule has 0 aliphatic carbocycles. The topological polar surface area (TPSA) is 144 Å². The van der Waals surface area contributed by atoms with Gasteiger partial charge in [0.1, 0.15) is 17.3 Å². The van der Waals surface area contributed by atoms with Crippen LogP contribution in [0.4, 0.5) is 21.8 Å². The molecular formula is C20H22FN9O. The summed E-state index contributed by atoms with van der Waals surface area (Å²) < 4.78 is 20.2. The van der Waals surface area contributed by atoms with Crippen LogP contribution >= 0.6 is 0 Å². The van der Waals surface area contributed by atoms with E-state index >= 15 is 0 Å². The second-order valence-corrected chi connectivity index (χ2v) is 7.53. The average Bonchev–Trinajstić information content (AvgIpc) is 3.12.